The zero-order valence-corrected chi connectivity index (χ0v) is 12.2. The molecule has 114 valence electrons. The number of nitrogens with two attached hydrogens (primary N) is 1. The fraction of sp³-hybridized carbons (Fsp3) is 0.357. The largest absolute Gasteiger partial charge is 0.478 e. The van der Waals surface area contributed by atoms with E-state index >= 15 is 0 Å². The summed E-state index contributed by atoms with van der Waals surface area (Å²) in [4.78, 5) is 26.5. The number of aliphatic imine (C=N–C) groups is 1. The van der Waals surface area contributed by atoms with Gasteiger partial charge in [-0.05, 0) is 20.8 Å². The maximum Gasteiger partial charge on any atom is 0.409 e. The van der Waals surface area contributed by atoms with Crippen molar-refractivity contribution < 1.29 is 19.4 Å². The third kappa shape index (κ3) is 5.94. The molecule has 0 fully saturated rings. The van der Waals surface area contributed by atoms with Crippen LogP contribution in [-0.4, -0.2) is 34.8 Å². The number of rotatable bonds is 4. The molecular weight excluding hydrogens is 274 g/mol. The minimum absolute atomic E-state index is 0.0130. The number of ether oxygens (including phenoxy) is 1. The topological polar surface area (TPSA) is 114 Å². The van der Waals surface area contributed by atoms with Gasteiger partial charge in [-0.1, -0.05) is 30.3 Å². The molecule has 21 heavy (non-hydrogen) atoms. The fourth-order valence-electron chi connectivity index (χ4n) is 1.39. The van der Waals surface area contributed by atoms with E-state index in [0.717, 1.165) is 0 Å². The fourth-order valence-corrected chi connectivity index (χ4v) is 1.39. The van der Waals surface area contributed by atoms with Crippen LogP contribution in [0.4, 0.5) is 4.79 Å². The number of carboxylic acid groups (broad SMARTS) is 1. The smallest absolute Gasteiger partial charge is 0.409 e. The molecule has 0 aromatic heterocycles. The Morgan fingerprint density at radius 1 is 1.29 bits per heavy atom. The summed E-state index contributed by atoms with van der Waals surface area (Å²) in [5.41, 5.74) is 5.56. The summed E-state index contributed by atoms with van der Waals surface area (Å²) in [6, 6.07) is 8.66. The van der Waals surface area contributed by atoms with Crippen LogP contribution >= 0.6 is 0 Å². The van der Waals surface area contributed by atoms with Crippen molar-refractivity contribution in [3.8, 4) is 0 Å². The lowest BCUT2D eigenvalue weighted by atomic mass is 10.2. The summed E-state index contributed by atoms with van der Waals surface area (Å²) in [5.74, 6) is -1.32. The van der Waals surface area contributed by atoms with Crippen molar-refractivity contribution >= 4 is 17.9 Å². The highest BCUT2D eigenvalue weighted by molar-refractivity contribution is 5.98. The number of amides is 1. The first-order valence-corrected chi connectivity index (χ1v) is 6.30. The van der Waals surface area contributed by atoms with E-state index in [1.807, 2.05) is 0 Å². The molecule has 0 saturated carbocycles. The van der Waals surface area contributed by atoms with E-state index in [-0.39, 0.29) is 5.84 Å². The summed E-state index contributed by atoms with van der Waals surface area (Å²) >= 11 is 0. The van der Waals surface area contributed by atoms with E-state index in [9.17, 15) is 9.59 Å². The number of carbonyl (C=O) groups excluding carboxylic acids is 1. The molecule has 0 radical (unpaired) electrons. The van der Waals surface area contributed by atoms with Crippen molar-refractivity contribution in [2.24, 2.45) is 10.7 Å². The number of hydrogen-bond donors (Lipinski definition) is 3. The molecule has 0 heterocycles. The Balaban J connectivity index is 2.84. The molecule has 1 unspecified atom stereocenters. The number of aliphatic carboxylic acids is 1. The Labute approximate surface area is 122 Å². The quantitative estimate of drug-likeness (QED) is 0.572. The average Bonchev–Trinajstić information content (AvgIpc) is 2.36. The molecule has 0 spiro atoms. The Morgan fingerprint density at radius 2 is 1.86 bits per heavy atom. The van der Waals surface area contributed by atoms with E-state index in [4.69, 9.17) is 15.6 Å². The van der Waals surface area contributed by atoms with Gasteiger partial charge in [0.1, 0.15) is 11.4 Å². The van der Waals surface area contributed by atoms with Gasteiger partial charge in [0.2, 0.25) is 6.17 Å². The van der Waals surface area contributed by atoms with Crippen molar-refractivity contribution in [1.29, 1.82) is 0 Å². The molecule has 0 aliphatic heterocycles. The van der Waals surface area contributed by atoms with Gasteiger partial charge in [-0.15, -0.1) is 0 Å². The van der Waals surface area contributed by atoms with Crippen LogP contribution in [-0.2, 0) is 9.53 Å². The van der Waals surface area contributed by atoms with Crippen LogP contribution in [0.5, 0.6) is 0 Å². The number of nitrogens with one attached hydrogen (secondary N) is 1. The molecule has 4 N–H and O–H groups in total. The lowest BCUT2D eigenvalue weighted by molar-refractivity contribution is -0.139. The Kier molecular flexibility index (Phi) is 5.29. The molecular formula is C14H19N3O4. The van der Waals surface area contributed by atoms with Gasteiger partial charge in [0.05, 0.1) is 0 Å². The van der Waals surface area contributed by atoms with E-state index in [0.29, 0.717) is 5.56 Å². The molecule has 1 aromatic carbocycles. The van der Waals surface area contributed by atoms with Crippen LogP contribution in [0, 0.1) is 0 Å². The maximum atomic E-state index is 11.6. The number of amidine groups is 1. The monoisotopic (exact) mass is 293 g/mol. The molecule has 7 heteroatoms. The lowest BCUT2D eigenvalue weighted by Crippen LogP contribution is -2.43. The van der Waals surface area contributed by atoms with Crippen LogP contribution in [0.1, 0.15) is 26.3 Å². The number of benzene rings is 1. The molecule has 0 bridgehead atoms. The van der Waals surface area contributed by atoms with Gasteiger partial charge in [0.15, 0.2) is 0 Å². The Bertz CT molecular complexity index is 535. The van der Waals surface area contributed by atoms with Gasteiger partial charge in [-0.25, -0.2) is 14.6 Å². The Hall–Kier alpha value is -2.57. The second-order valence-electron chi connectivity index (χ2n) is 5.27. The van der Waals surface area contributed by atoms with E-state index in [1.165, 1.54) is 0 Å². The molecule has 0 aliphatic rings. The first kappa shape index (κ1) is 16.5. The Morgan fingerprint density at radius 3 is 2.33 bits per heavy atom. The van der Waals surface area contributed by atoms with Gasteiger partial charge < -0.3 is 15.6 Å². The first-order chi connectivity index (χ1) is 9.69. The average molecular weight is 293 g/mol. The van der Waals surface area contributed by atoms with E-state index in [2.05, 4.69) is 10.3 Å². The number of carbonyl (C=O) groups is 2. The first-order valence-electron chi connectivity index (χ1n) is 6.30. The number of hydrogen-bond acceptors (Lipinski definition) is 4. The van der Waals surface area contributed by atoms with Crippen LogP contribution in [0.25, 0.3) is 0 Å². The molecule has 1 amide bonds. The highest BCUT2D eigenvalue weighted by Crippen LogP contribution is 2.07. The molecule has 1 aromatic rings. The van der Waals surface area contributed by atoms with Crippen LogP contribution in [0.3, 0.4) is 0 Å². The van der Waals surface area contributed by atoms with Crippen molar-refractivity contribution in [1.82, 2.24) is 5.32 Å². The second-order valence-corrected chi connectivity index (χ2v) is 5.27. The maximum absolute atomic E-state index is 11.6. The zero-order chi connectivity index (χ0) is 16.0. The van der Waals surface area contributed by atoms with Crippen molar-refractivity contribution in [3.05, 3.63) is 35.9 Å². The molecule has 0 aliphatic carbocycles. The summed E-state index contributed by atoms with van der Waals surface area (Å²) in [6.45, 7) is 5.01. The van der Waals surface area contributed by atoms with Crippen molar-refractivity contribution in [3.63, 3.8) is 0 Å². The SMILES string of the molecule is CC(C)(C)OC(=O)NC(N=C(N)c1ccccc1)C(=O)O. The second kappa shape index (κ2) is 6.74. The summed E-state index contributed by atoms with van der Waals surface area (Å²) in [5, 5.41) is 11.2. The van der Waals surface area contributed by atoms with Gasteiger partial charge in [-0.3, -0.25) is 5.32 Å². The number of alkyl carbamates (subject to hydrolysis) is 1. The number of nitrogens with zero attached hydrogens (tertiary/aromatic N) is 1. The molecule has 1 atom stereocenters. The minimum Gasteiger partial charge on any atom is -0.478 e. The van der Waals surface area contributed by atoms with Gasteiger partial charge in [0, 0.05) is 5.56 Å². The van der Waals surface area contributed by atoms with Crippen LogP contribution < -0.4 is 11.1 Å². The predicted molar refractivity (Wildman–Crippen MR) is 78.0 cm³/mol. The van der Waals surface area contributed by atoms with Crippen molar-refractivity contribution in [2.75, 3.05) is 0 Å². The summed E-state index contributed by atoms with van der Waals surface area (Å²) in [7, 11) is 0. The van der Waals surface area contributed by atoms with Crippen LogP contribution in [0.2, 0.25) is 0 Å². The van der Waals surface area contributed by atoms with Crippen molar-refractivity contribution in [2.45, 2.75) is 32.5 Å². The summed E-state index contributed by atoms with van der Waals surface area (Å²) in [6.07, 6.45) is -2.39. The van der Waals surface area contributed by atoms with E-state index < -0.39 is 23.8 Å². The predicted octanol–water partition coefficient (Wildman–Crippen LogP) is 1.33. The highest BCUT2D eigenvalue weighted by Gasteiger charge is 2.23. The van der Waals surface area contributed by atoms with Gasteiger partial charge in [-0.2, -0.15) is 0 Å². The standard InChI is InChI=1S/C14H19N3O4/c1-14(2,3)21-13(20)17-11(12(18)19)16-10(15)9-7-5-4-6-8-9/h4-8,11H,1-3H3,(H2,15,16)(H,17,20)(H,18,19). The lowest BCUT2D eigenvalue weighted by Gasteiger charge is -2.21. The zero-order valence-electron chi connectivity index (χ0n) is 12.2. The third-order valence-electron chi connectivity index (χ3n) is 2.23. The third-order valence-corrected chi connectivity index (χ3v) is 2.23. The molecule has 7 nitrogen and oxygen atoms in total. The van der Waals surface area contributed by atoms with Gasteiger partial charge >= 0.3 is 12.1 Å². The molecule has 1 rings (SSSR count). The van der Waals surface area contributed by atoms with E-state index in [1.54, 1.807) is 51.1 Å². The molecule has 0 saturated heterocycles. The van der Waals surface area contributed by atoms with Gasteiger partial charge in [0.25, 0.3) is 0 Å². The number of carboxylic acids is 1. The summed E-state index contributed by atoms with van der Waals surface area (Å²) < 4.78 is 4.98. The highest BCUT2D eigenvalue weighted by atomic mass is 16.6. The minimum atomic E-state index is -1.51. The normalized spacial score (nSPS) is 13.4. The van der Waals surface area contributed by atoms with Crippen LogP contribution in [0.15, 0.2) is 35.3 Å².